The quantitative estimate of drug-likeness (QED) is 0.757. The van der Waals surface area contributed by atoms with Gasteiger partial charge in [0.1, 0.15) is 16.1 Å². The lowest BCUT2D eigenvalue weighted by Gasteiger charge is -2.33. The predicted octanol–water partition coefficient (Wildman–Crippen LogP) is 0.950. The average Bonchev–Trinajstić information content (AvgIpc) is 3.28. The lowest BCUT2D eigenvalue weighted by Crippen LogP contribution is -2.57. The molecule has 8 nitrogen and oxygen atoms in total. The van der Waals surface area contributed by atoms with Gasteiger partial charge in [-0.2, -0.15) is 4.72 Å². The molecule has 1 saturated heterocycles. The predicted molar refractivity (Wildman–Crippen MR) is 96.1 cm³/mol. The first-order valence-electron chi connectivity index (χ1n) is 9.20. The second kappa shape index (κ2) is 7.28. The van der Waals surface area contributed by atoms with Crippen molar-refractivity contribution in [3.8, 4) is 0 Å². The molecule has 2 heterocycles. The van der Waals surface area contributed by atoms with Gasteiger partial charge in [0.15, 0.2) is 5.76 Å². The van der Waals surface area contributed by atoms with Gasteiger partial charge in [0, 0.05) is 13.1 Å². The molecule has 0 bridgehead atoms. The highest BCUT2D eigenvalue weighted by atomic mass is 32.2. The molecule has 1 aliphatic heterocycles. The molecule has 26 heavy (non-hydrogen) atoms. The maximum atomic E-state index is 13.3. The summed E-state index contributed by atoms with van der Waals surface area (Å²) < 4.78 is 33.7. The van der Waals surface area contributed by atoms with E-state index in [9.17, 15) is 13.2 Å². The molecule has 1 amide bonds. The first-order chi connectivity index (χ1) is 12.3. The molecule has 1 aromatic heterocycles. The van der Waals surface area contributed by atoms with Gasteiger partial charge in [-0.25, -0.2) is 8.42 Å². The number of hydrogen-bond donors (Lipinski definition) is 2. The molecule has 2 fully saturated rings. The number of nitrogens with zero attached hydrogens (tertiary/aromatic N) is 2. The van der Waals surface area contributed by atoms with Crippen molar-refractivity contribution in [2.75, 3.05) is 26.7 Å². The molecule has 0 aromatic carbocycles. The summed E-state index contributed by atoms with van der Waals surface area (Å²) >= 11 is 0. The van der Waals surface area contributed by atoms with Crippen LogP contribution >= 0.6 is 0 Å². The maximum absolute atomic E-state index is 13.3. The molecule has 1 saturated carbocycles. The van der Waals surface area contributed by atoms with Gasteiger partial charge < -0.3 is 14.7 Å². The molecule has 1 atom stereocenters. The fraction of sp³-hybridized carbons (Fsp3) is 0.765. The van der Waals surface area contributed by atoms with E-state index >= 15 is 0 Å². The van der Waals surface area contributed by atoms with Crippen LogP contribution in [-0.2, 0) is 14.8 Å². The zero-order valence-corrected chi connectivity index (χ0v) is 16.5. The third kappa shape index (κ3) is 3.52. The van der Waals surface area contributed by atoms with E-state index in [1.165, 1.54) is 0 Å². The zero-order valence-electron chi connectivity index (χ0n) is 15.7. The Balaban J connectivity index is 1.84. The molecule has 1 aliphatic carbocycles. The van der Waals surface area contributed by atoms with E-state index in [1.807, 2.05) is 11.9 Å². The van der Waals surface area contributed by atoms with E-state index < -0.39 is 15.6 Å². The fourth-order valence-corrected chi connectivity index (χ4v) is 6.03. The summed E-state index contributed by atoms with van der Waals surface area (Å²) in [6, 6.07) is 0. The van der Waals surface area contributed by atoms with Crippen molar-refractivity contribution in [1.82, 2.24) is 20.1 Å². The van der Waals surface area contributed by atoms with Crippen LogP contribution in [0.3, 0.4) is 0 Å². The van der Waals surface area contributed by atoms with Crippen LogP contribution in [0.1, 0.15) is 43.6 Å². The Morgan fingerprint density at radius 1 is 1.35 bits per heavy atom. The first kappa shape index (κ1) is 19.3. The molecule has 0 radical (unpaired) electrons. The Labute approximate surface area is 154 Å². The van der Waals surface area contributed by atoms with Crippen LogP contribution in [0.4, 0.5) is 0 Å². The number of carbonyl (C=O) groups is 1. The van der Waals surface area contributed by atoms with E-state index in [2.05, 4.69) is 15.2 Å². The first-order valence-corrected chi connectivity index (χ1v) is 10.7. The van der Waals surface area contributed by atoms with Gasteiger partial charge in [0.25, 0.3) is 0 Å². The zero-order chi connectivity index (χ0) is 18.9. The Hall–Kier alpha value is -1.45. The summed E-state index contributed by atoms with van der Waals surface area (Å²) in [7, 11) is -1.98. The van der Waals surface area contributed by atoms with Gasteiger partial charge in [-0.3, -0.25) is 4.79 Å². The SMILES string of the molecule is CNCC1CCN(C(=O)C2(NS(=O)(=O)c3c(C)noc3C)CCCC2)C1. The smallest absolute Gasteiger partial charge is 0.246 e. The van der Waals surface area contributed by atoms with Gasteiger partial charge in [-0.15, -0.1) is 0 Å². The summed E-state index contributed by atoms with van der Waals surface area (Å²) in [5.41, 5.74) is -0.741. The number of likely N-dealkylation sites (tertiary alicyclic amines) is 1. The van der Waals surface area contributed by atoms with Crippen molar-refractivity contribution < 1.29 is 17.7 Å². The lowest BCUT2D eigenvalue weighted by molar-refractivity contribution is -0.136. The van der Waals surface area contributed by atoms with Crippen molar-refractivity contribution in [3.05, 3.63) is 11.5 Å². The Kier molecular flexibility index (Phi) is 5.41. The second-order valence-corrected chi connectivity index (χ2v) is 9.13. The third-order valence-electron chi connectivity index (χ3n) is 5.50. The fourth-order valence-electron chi connectivity index (χ4n) is 4.28. The Bertz CT molecular complexity index is 748. The average molecular weight is 385 g/mol. The number of amides is 1. The number of nitrogens with one attached hydrogen (secondary N) is 2. The molecule has 2 N–H and O–H groups in total. The number of carbonyl (C=O) groups excluding carboxylic acids is 1. The van der Waals surface area contributed by atoms with Crippen LogP contribution in [0.5, 0.6) is 0 Å². The van der Waals surface area contributed by atoms with Crippen molar-refractivity contribution in [2.24, 2.45) is 5.92 Å². The molecule has 1 aromatic rings. The minimum atomic E-state index is -3.88. The van der Waals surface area contributed by atoms with Gasteiger partial charge in [-0.05, 0) is 52.6 Å². The minimum absolute atomic E-state index is 0.0473. The van der Waals surface area contributed by atoms with Crippen LogP contribution in [0.15, 0.2) is 9.42 Å². The van der Waals surface area contributed by atoms with Crippen LogP contribution in [-0.4, -0.2) is 56.6 Å². The summed E-state index contributed by atoms with van der Waals surface area (Å²) in [6.45, 7) is 5.38. The molecule has 1 unspecified atom stereocenters. The van der Waals surface area contributed by atoms with Gasteiger partial charge in [-0.1, -0.05) is 18.0 Å². The van der Waals surface area contributed by atoms with E-state index in [4.69, 9.17) is 4.52 Å². The molecule has 146 valence electrons. The largest absolute Gasteiger partial charge is 0.360 e. The van der Waals surface area contributed by atoms with Crippen molar-refractivity contribution in [3.63, 3.8) is 0 Å². The summed E-state index contributed by atoms with van der Waals surface area (Å²) in [6.07, 6.45) is 3.68. The van der Waals surface area contributed by atoms with Gasteiger partial charge in [0.2, 0.25) is 15.9 Å². The summed E-state index contributed by atoms with van der Waals surface area (Å²) in [5, 5.41) is 6.89. The van der Waals surface area contributed by atoms with Crippen molar-refractivity contribution in [2.45, 2.75) is 56.4 Å². The second-order valence-electron chi connectivity index (χ2n) is 7.51. The topological polar surface area (TPSA) is 105 Å². The number of sulfonamides is 1. The van der Waals surface area contributed by atoms with E-state index in [-0.39, 0.29) is 16.6 Å². The maximum Gasteiger partial charge on any atom is 0.246 e. The summed E-state index contributed by atoms with van der Waals surface area (Å²) in [5.74, 6) is 0.566. The van der Waals surface area contributed by atoms with Crippen LogP contribution in [0.2, 0.25) is 0 Å². The normalized spacial score (nSPS) is 22.9. The van der Waals surface area contributed by atoms with Gasteiger partial charge >= 0.3 is 0 Å². The monoisotopic (exact) mass is 384 g/mol. The number of hydrogen-bond acceptors (Lipinski definition) is 6. The highest BCUT2D eigenvalue weighted by molar-refractivity contribution is 7.89. The highest BCUT2D eigenvalue weighted by Crippen LogP contribution is 2.35. The van der Waals surface area contributed by atoms with Crippen LogP contribution < -0.4 is 10.0 Å². The molecule has 3 rings (SSSR count). The molecule has 2 aliphatic rings. The summed E-state index contributed by atoms with van der Waals surface area (Å²) in [4.78, 5) is 15.1. The molecular weight excluding hydrogens is 356 g/mol. The van der Waals surface area contributed by atoms with Crippen LogP contribution in [0.25, 0.3) is 0 Å². The molecular formula is C17H28N4O4S. The van der Waals surface area contributed by atoms with Crippen molar-refractivity contribution >= 4 is 15.9 Å². The van der Waals surface area contributed by atoms with E-state index in [1.54, 1.807) is 13.8 Å². The molecule has 0 spiro atoms. The van der Waals surface area contributed by atoms with E-state index in [0.29, 0.717) is 37.5 Å². The Morgan fingerprint density at radius 3 is 2.62 bits per heavy atom. The number of aryl methyl sites for hydroxylation is 2. The Morgan fingerprint density at radius 2 is 2.04 bits per heavy atom. The highest BCUT2D eigenvalue weighted by Gasteiger charge is 2.48. The lowest BCUT2D eigenvalue weighted by atomic mass is 9.97. The minimum Gasteiger partial charge on any atom is -0.360 e. The third-order valence-corrected chi connectivity index (χ3v) is 7.28. The van der Waals surface area contributed by atoms with Gasteiger partial charge in [0.05, 0.1) is 0 Å². The van der Waals surface area contributed by atoms with Crippen molar-refractivity contribution in [1.29, 1.82) is 0 Å². The number of rotatable bonds is 6. The standard InChI is InChI=1S/C17H28N4O4S/c1-12-15(13(2)25-19-12)26(23,24)20-17(7-4-5-8-17)16(22)21-9-6-14(11-21)10-18-3/h14,18,20H,4-11H2,1-3H3. The van der Waals surface area contributed by atoms with E-state index in [0.717, 1.165) is 25.8 Å². The molecule has 9 heteroatoms. The number of aromatic nitrogens is 1. The van der Waals surface area contributed by atoms with Crippen LogP contribution in [0, 0.1) is 19.8 Å².